The summed E-state index contributed by atoms with van der Waals surface area (Å²) < 4.78 is 39.8. The van der Waals surface area contributed by atoms with Crippen molar-refractivity contribution in [3.05, 3.63) is 65.7 Å². The molecule has 5 nitrogen and oxygen atoms in total. The molecule has 0 aromatic heterocycles. The van der Waals surface area contributed by atoms with Gasteiger partial charge in [0.15, 0.2) is 0 Å². The number of nitrogens with one attached hydrogen (secondary N) is 1. The summed E-state index contributed by atoms with van der Waals surface area (Å²) in [4.78, 5) is 20.6. The van der Waals surface area contributed by atoms with E-state index in [0.717, 1.165) is 5.56 Å². The molecule has 0 fully saturated rings. The molecule has 2 rings (SSSR count). The van der Waals surface area contributed by atoms with Gasteiger partial charge in [0.05, 0.1) is 4.90 Å². The molecule has 140 valence electrons. The Hall–Kier alpha value is -2.38. The Balaban J connectivity index is 0.000000765. The number of rotatable bonds is 6. The molecular formula is C19H22FNO4S. The van der Waals surface area contributed by atoms with Crippen molar-refractivity contribution in [2.45, 2.75) is 38.1 Å². The van der Waals surface area contributed by atoms with Crippen LogP contribution in [-0.4, -0.2) is 26.3 Å². The molecule has 2 aromatic rings. The number of hydrogen-bond donors (Lipinski definition) is 1. The SMILES string of the molecule is CC(C)=O.Cc1ccc(S(=O)(=O)NC(Cc2ccccc2)C(=O)F)cc1. The quantitative estimate of drug-likeness (QED) is 0.783. The monoisotopic (exact) mass is 379 g/mol. The van der Waals surface area contributed by atoms with Crippen LogP contribution in [-0.2, 0) is 26.0 Å². The van der Waals surface area contributed by atoms with E-state index in [1.807, 2.05) is 6.92 Å². The number of aryl methyl sites for hydroxylation is 1. The van der Waals surface area contributed by atoms with E-state index < -0.39 is 22.1 Å². The standard InChI is InChI=1S/C16H16FNO3S.C3H6O/c1-12-7-9-14(10-8-12)22(20,21)18-15(16(17)19)11-13-5-3-2-4-6-13;1-3(2)4/h2-10,15,18H,11H2,1H3;1-2H3. The first kappa shape index (κ1) is 21.7. The maximum atomic E-state index is 13.2. The van der Waals surface area contributed by atoms with E-state index >= 15 is 0 Å². The van der Waals surface area contributed by atoms with E-state index in [0.29, 0.717) is 5.56 Å². The highest BCUT2D eigenvalue weighted by atomic mass is 32.2. The summed E-state index contributed by atoms with van der Waals surface area (Å²) in [5.41, 5.74) is 1.58. The lowest BCUT2D eigenvalue weighted by Gasteiger charge is -2.14. The van der Waals surface area contributed by atoms with Crippen LogP contribution in [0.4, 0.5) is 4.39 Å². The van der Waals surface area contributed by atoms with Gasteiger partial charge >= 0.3 is 6.04 Å². The number of halogens is 1. The van der Waals surface area contributed by atoms with Crippen LogP contribution < -0.4 is 4.72 Å². The summed E-state index contributed by atoms with van der Waals surface area (Å²) in [6.45, 7) is 4.88. The fraction of sp³-hybridized carbons (Fsp3) is 0.263. The third-order valence-electron chi connectivity index (χ3n) is 3.19. The van der Waals surface area contributed by atoms with Crippen molar-refractivity contribution in [1.82, 2.24) is 4.72 Å². The highest BCUT2D eigenvalue weighted by Crippen LogP contribution is 2.13. The van der Waals surface area contributed by atoms with E-state index in [4.69, 9.17) is 0 Å². The fourth-order valence-corrected chi connectivity index (χ4v) is 3.17. The Morgan fingerprint density at radius 3 is 1.96 bits per heavy atom. The minimum Gasteiger partial charge on any atom is -0.300 e. The van der Waals surface area contributed by atoms with E-state index in [9.17, 15) is 22.4 Å². The Labute approximate surface area is 153 Å². The highest BCUT2D eigenvalue weighted by molar-refractivity contribution is 7.89. The minimum atomic E-state index is -3.95. The van der Waals surface area contributed by atoms with Crippen molar-refractivity contribution < 1.29 is 22.4 Å². The normalized spacial score (nSPS) is 11.8. The Bertz CT molecular complexity index is 830. The zero-order valence-electron chi connectivity index (χ0n) is 14.9. The van der Waals surface area contributed by atoms with Gasteiger partial charge in [-0.1, -0.05) is 48.0 Å². The van der Waals surface area contributed by atoms with E-state index in [2.05, 4.69) is 4.72 Å². The zero-order chi connectivity index (χ0) is 19.7. The molecule has 7 heteroatoms. The van der Waals surface area contributed by atoms with Crippen LogP contribution in [0.2, 0.25) is 0 Å². The molecule has 0 saturated carbocycles. The maximum Gasteiger partial charge on any atom is 0.319 e. The molecule has 0 heterocycles. The molecular weight excluding hydrogens is 357 g/mol. The Morgan fingerprint density at radius 1 is 1.00 bits per heavy atom. The summed E-state index contributed by atoms with van der Waals surface area (Å²) >= 11 is 0. The molecule has 0 aliphatic heterocycles. The van der Waals surface area contributed by atoms with E-state index in [-0.39, 0.29) is 17.1 Å². The van der Waals surface area contributed by atoms with Gasteiger partial charge in [-0.05, 0) is 44.9 Å². The summed E-state index contributed by atoms with van der Waals surface area (Å²) in [6, 6.07) is 11.6. The highest BCUT2D eigenvalue weighted by Gasteiger charge is 2.25. The molecule has 0 aliphatic carbocycles. The molecule has 0 amide bonds. The van der Waals surface area contributed by atoms with Crippen molar-refractivity contribution in [2.24, 2.45) is 0 Å². The summed E-state index contributed by atoms with van der Waals surface area (Å²) in [5, 5.41) is 0. The van der Waals surface area contributed by atoms with E-state index in [1.54, 1.807) is 42.5 Å². The van der Waals surface area contributed by atoms with Crippen LogP contribution in [0.1, 0.15) is 25.0 Å². The largest absolute Gasteiger partial charge is 0.319 e. The number of sulfonamides is 1. The lowest BCUT2D eigenvalue weighted by atomic mass is 10.1. The van der Waals surface area contributed by atoms with E-state index in [1.165, 1.54) is 26.0 Å². The predicted octanol–water partition coefficient (Wildman–Crippen LogP) is 2.98. The first-order chi connectivity index (χ1) is 12.1. The minimum absolute atomic E-state index is 0.00240. The predicted molar refractivity (Wildman–Crippen MR) is 97.9 cm³/mol. The van der Waals surface area contributed by atoms with Crippen LogP contribution in [0, 0.1) is 6.92 Å². The fourth-order valence-electron chi connectivity index (χ4n) is 1.99. The second-order valence-electron chi connectivity index (χ2n) is 5.89. The average molecular weight is 379 g/mol. The van der Waals surface area contributed by atoms with Gasteiger partial charge in [0, 0.05) is 0 Å². The molecule has 1 N–H and O–H groups in total. The van der Waals surface area contributed by atoms with Gasteiger partial charge in [-0.2, -0.15) is 9.11 Å². The molecule has 26 heavy (non-hydrogen) atoms. The number of benzene rings is 2. The second-order valence-corrected chi connectivity index (χ2v) is 7.60. The Kier molecular flexibility index (Phi) is 8.28. The summed E-state index contributed by atoms with van der Waals surface area (Å²) in [7, 11) is -3.95. The van der Waals surface area contributed by atoms with Crippen molar-refractivity contribution in [1.29, 1.82) is 0 Å². The van der Waals surface area contributed by atoms with Gasteiger partial charge in [0.2, 0.25) is 10.0 Å². The van der Waals surface area contributed by atoms with Gasteiger partial charge in [0.1, 0.15) is 11.8 Å². The molecule has 0 aliphatic rings. The zero-order valence-corrected chi connectivity index (χ0v) is 15.7. The Morgan fingerprint density at radius 2 is 1.50 bits per heavy atom. The first-order valence-corrected chi connectivity index (χ1v) is 9.39. The van der Waals surface area contributed by atoms with Crippen LogP contribution >= 0.6 is 0 Å². The molecule has 2 aromatic carbocycles. The number of carbonyl (C=O) groups excluding carboxylic acids is 2. The number of hydrogen-bond acceptors (Lipinski definition) is 4. The second kappa shape index (κ2) is 9.94. The molecule has 1 unspecified atom stereocenters. The summed E-state index contributed by atoms with van der Waals surface area (Å²) in [6.07, 6.45) is -0.0404. The van der Waals surface area contributed by atoms with Gasteiger partial charge < -0.3 is 4.79 Å². The maximum absolute atomic E-state index is 13.2. The topological polar surface area (TPSA) is 80.3 Å². The van der Waals surface area contributed by atoms with Gasteiger partial charge in [-0.3, -0.25) is 4.79 Å². The average Bonchev–Trinajstić information content (AvgIpc) is 2.55. The lowest BCUT2D eigenvalue weighted by Crippen LogP contribution is -2.40. The third kappa shape index (κ3) is 7.67. The smallest absolute Gasteiger partial charge is 0.300 e. The van der Waals surface area contributed by atoms with Crippen molar-refractivity contribution in [3.8, 4) is 0 Å². The number of Topliss-reactive ketones (excluding diaryl/α,β-unsaturated/α-hetero) is 1. The first-order valence-electron chi connectivity index (χ1n) is 7.91. The molecule has 0 radical (unpaired) electrons. The third-order valence-corrected chi connectivity index (χ3v) is 4.67. The lowest BCUT2D eigenvalue weighted by molar-refractivity contribution is -0.131. The van der Waals surface area contributed by atoms with Crippen molar-refractivity contribution >= 4 is 21.8 Å². The van der Waals surface area contributed by atoms with Crippen LogP contribution in [0.5, 0.6) is 0 Å². The molecule has 0 bridgehead atoms. The molecule has 0 spiro atoms. The van der Waals surface area contributed by atoms with Crippen LogP contribution in [0.15, 0.2) is 59.5 Å². The van der Waals surface area contributed by atoms with Crippen molar-refractivity contribution in [2.75, 3.05) is 0 Å². The number of carbonyl (C=O) groups is 2. The van der Waals surface area contributed by atoms with Crippen LogP contribution in [0.25, 0.3) is 0 Å². The summed E-state index contributed by atoms with van der Waals surface area (Å²) in [5.74, 6) is 0.167. The van der Waals surface area contributed by atoms with Gasteiger partial charge in [0.25, 0.3) is 0 Å². The van der Waals surface area contributed by atoms with Crippen molar-refractivity contribution in [3.63, 3.8) is 0 Å². The van der Waals surface area contributed by atoms with Crippen LogP contribution in [0.3, 0.4) is 0 Å². The van der Waals surface area contributed by atoms with Gasteiger partial charge in [-0.25, -0.2) is 8.42 Å². The molecule has 0 saturated heterocycles. The van der Waals surface area contributed by atoms with Gasteiger partial charge in [-0.15, -0.1) is 0 Å². The molecule has 1 atom stereocenters. The number of ketones is 1.